The highest BCUT2D eigenvalue weighted by atomic mass is 16.5. The van der Waals surface area contributed by atoms with E-state index in [1.54, 1.807) is 14.2 Å². The van der Waals surface area contributed by atoms with E-state index in [1.807, 2.05) is 207 Å². The minimum Gasteiger partial charge on any atom is -0.497 e. The van der Waals surface area contributed by atoms with E-state index in [0.29, 0.717) is 13.2 Å². The first-order chi connectivity index (χ1) is 45.0. The zero-order valence-corrected chi connectivity index (χ0v) is 53.3. The van der Waals surface area contributed by atoms with Crippen LogP contribution in [-0.4, -0.2) is 66.3 Å². The van der Waals surface area contributed by atoms with Gasteiger partial charge in [-0.15, -0.1) is 0 Å². The van der Waals surface area contributed by atoms with E-state index in [0.717, 1.165) is 163 Å². The zero-order valence-electron chi connectivity index (χ0n) is 53.3. The van der Waals surface area contributed by atoms with Gasteiger partial charge >= 0.3 is 0 Å². The highest BCUT2D eigenvalue weighted by molar-refractivity contribution is 5.83. The number of nitrogens with zero attached hydrogens (tertiary/aromatic N) is 6. The molecule has 8 aromatic carbocycles. The van der Waals surface area contributed by atoms with Crippen molar-refractivity contribution in [3.8, 4) is 46.0 Å². The molecular weight excluding hydrogens is 1140 g/mol. The third kappa shape index (κ3) is 27.5. The summed E-state index contributed by atoms with van der Waals surface area (Å²) in [4.78, 5) is 9.41. The van der Waals surface area contributed by atoms with Gasteiger partial charge < -0.3 is 37.9 Å². The summed E-state index contributed by atoms with van der Waals surface area (Å²) >= 11 is 0. The van der Waals surface area contributed by atoms with Gasteiger partial charge in [0.25, 0.3) is 0 Å². The van der Waals surface area contributed by atoms with Gasteiger partial charge in [-0.05, 0) is 226 Å². The van der Waals surface area contributed by atoms with Crippen LogP contribution in [0.3, 0.4) is 0 Å². The van der Waals surface area contributed by atoms with Crippen LogP contribution < -0.4 is 37.9 Å². The Bertz CT molecular complexity index is 3150. The third-order valence-electron chi connectivity index (χ3n) is 15.0. The lowest BCUT2D eigenvalue weighted by atomic mass is 10.1. The van der Waals surface area contributed by atoms with Crippen LogP contribution in [0, 0.1) is 0 Å². The van der Waals surface area contributed by atoms with Gasteiger partial charge in [0, 0.05) is 24.6 Å². The Morgan fingerprint density at radius 3 is 0.736 bits per heavy atom. The molecule has 0 amide bonds. The fourth-order valence-electron chi connectivity index (χ4n) is 9.70. The van der Waals surface area contributed by atoms with Gasteiger partial charge in [0.05, 0.1) is 88.0 Å². The van der Waals surface area contributed by atoms with E-state index in [2.05, 4.69) is 20.5 Å². The number of unbranched alkanes of at least 4 members (excludes halogenated alkanes) is 16. The minimum absolute atomic E-state index is 0.631. The Morgan fingerprint density at radius 1 is 0.231 bits per heavy atom. The quantitative estimate of drug-likeness (QED) is 0.0208. The molecule has 8 rings (SSSR count). The van der Waals surface area contributed by atoms with Crippen molar-refractivity contribution >= 4 is 46.6 Å². The van der Waals surface area contributed by atoms with Crippen molar-refractivity contribution in [3.63, 3.8) is 0 Å². The summed E-state index contributed by atoms with van der Waals surface area (Å²) < 4.78 is 46.5. The van der Waals surface area contributed by atoms with Gasteiger partial charge in [-0.3, -0.25) is 9.98 Å². The molecule has 0 aliphatic rings. The second-order valence-electron chi connectivity index (χ2n) is 22.2. The lowest BCUT2D eigenvalue weighted by Crippen LogP contribution is -2.01. The predicted octanol–water partition coefficient (Wildman–Crippen LogP) is 21.8. The third-order valence-corrected chi connectivity index (χ3v) is 15.0. The molecule has 0 unspecified atom stereocenters. The largest absolute Gasteiger partial charge is 0.497 e. The van der Waals surface area contributed by atoms with Gasteiger partial charge in [-0.25, -0.2) is 0 Å². The molecule has 0 radical (unpaired) electrons. The van der Waals surface area contributed by atoms with Crippen LogP contribution in [0.2, 0.25) is 0 Å². The number of hydrogen-bond donors (Lipinski definition) is 0. The van der Waals surface area contributed by atoms with Crippen LogP contribution in [0.1, 0.15) is 133 Å². The Labute approximate surface area is 539 Å². The molecule has 0 N–H and O–H groups in total. The van der Waals surface area contributed by atoms with Crippen molar-refractivity contribution in [1.29, 1.82) is 0 Å². The van der Waals surface area contributed by atoms with Crippen LogP contribution in [0.5, 0.6) is 46.0 Å². The summed E-state index contributed by atoms with van der Waals surface area (Å²) in [5, 5.41) is 17.2. The molecule has 0 spiro atoms. The Morgan fingerprint density at radius 2 is 0.462 bits per heavy atom. The highest BCUT2D eigenvalue weighted by Crippen LogP contribution is 2.27. The van der Waals surface area contributed by atoms with Crippen molar-refractivity contribution < 1.29 is 37.9 Å². The molecule has 0 atom stereocenters. The Balaban J connectivity index is 0.577. The summed E-state index contributed by atoms with van der Waals surface area (Å²) in [5.41, 5.74) is 6.85. The molecular formula is C77H90N6O8. The van der Waals surface area contributed by atoms with Crippen LogP contribution in [0.15, 0.2) is 225 Å². The number of aliphatic imine (C=N–C) groups is 2. The topological polar surface area (TPSA) is 148 Å². The summed E-state index contributed by atoms with van der Waals surface area (Å²) in [6.07, 6.45) is 25.5. The van der Waals surface area contributed by atoms with Gasteiger partial charge in [0.15, 0.2) is 0 Å². The maximum absolute atomic E-state index is 6.09. The molecule has 0 saturated carbocycles. The smallest absolute Gasteiger partial charge is 0.121 e. The number of benzene rings is 8. The average Bonchev–Trinajstić information content (AvgIpc) is 3.80. The van der Waals surface area contributed by atoms with Crippen LogP contribution in [0.4, 0.5) is 34.1 Å². The fraction of sp³-hybridized carbons (Fsp3) is 0.351. The normalized spacial score (nSPS) is 11.5. The molecule has 8 aromatic rings. The Kier molecular flexibility index (Phi) is 30.5. The number of methoxy groups -OCH3 is 2. The number of azo groups is 2. The van der Waals surface area contributed by atoms with E-state index in [1.165, 1.54) is 77.0 Å². The molecule has 0 bridgehead atoms. The predicted molar refractivity (Wildman–Crippen MR) is 368 cm³/mol. The number of hydrogen-bond acceptors (Lipinski definition) is 14. The van der Waals surface area contributed by atoms with Crippen molar-refractivity contribution in [3.05, 3.63) is 205 Å². The molecule has 0 saturated heterocycles. The van der Waals surface area contributed by atoms with Crippen LogP contribution in [0.25, 0.3) is 0 Å². The number of rotatable bonds is 44. The molecule has 14 heteroatoms. The van der Waals surface area contributed by atoms with Crippen LogP contribution >= 0.6 is 0 Å². The Hall–Kier alpha value is -9.30. The van der Waals surface area contributed by atoms with Crippen molar-refractivity contribution in [2.45, 2.75) is 122 Å². The molecule has 0 fully saturated rings. The molecule has 0 heterocycles. The first-order valence-electron chi connectivity index (χ1n) is 32.6. The average molecular weight is 1230 g/mol. The monoisotopic (exact) mass is 1230 g/mol. The summed E-state index contributed by atoms with van der Waals surface area (Å²) in [6.45, 7) is 4.16. The van der Waals surface area contributed by atoms with Gasteiger partial charge in [0.1, 0.15) is 46.0 Å². The van der Waals surface area contributed by atoms with Gasteiger partial charge in [-0.1, -0.05) is 89.2 Å². The van der Waals surface area contributed by atoms with Gasteiger partial charge in [-0.2, -0.15) is 20.5 Å². The highest BCUT2D eigenvalue weighted by Gasteiger charge is 2.05. The van der Waals surface area contributed by atoms with Crippen molar-refractivity contribution in [2.75, 3.05) is 53.9 Å². The van der Waals surface area contributed by atoms with E-state index >= 15 is 0 Å². The van der Waals surface area contributed by atoms with Crippen molar-refractivity contribution in [2.24, 2.45) is 30.4 Å². The molecule has 476 valence electrons. The maximum Gasteiger partial charge on any atom is 0.121 e. The van der Waals surface area contributed by atoms with E-state index in [9.17, 15) is 0 Å². The molecule has 0 aliphatic carbocycles. The fourth-order valence-corrected chi connectivity index (χ4v) is 9.70. The summed E-state index contributed by atoms with van der Waals surface area (Å²) in [6, 6.07) is 62.6. The van der Waals surface area contributed by atoms with E-state index in [4.69, 9.17) is 47.9 Å². The van der Waals surface area contributed by atoms with Crippen molar-refractivity contribution in [1.82, 2.24) is 0 Å². The summed E-state index contributed by atoms with van der Waals surface area (Å²) in [7, 11) is 3.29. The molecule has 91 heavy (non-hydrogen) atoms. The second-order valence-corrected chi connectivity index (χ2v) is 22.2. The minimum atomic E-state index is 0.631. The lowest BCUT2D eigenvalue weighted by molar-refractivity contribution is 0.279. The van der Waals surface area contributed by atoms with Crippen LogP contribution in [-0.2, 0) is 0 Å². The SMILES string of the molecule is COc1ccc(N=Nc2ccc(OCCCCCCCCCCOc3ccc(C=Nc4cccc(OCCCCCOc5cccc(N=Cc6ccc(OCCCCCCCCCCOc7ccc(N=Nc8ccc(OC)cc8)cc7)cc6)c5)c4)cc3)cc2)cc1. The molecule has 0 aromatic heterocycles. The molecule has 14 nitrogen and oxygen atoms in total. The lowest BCUT2D eigenvalue weighted by Gasteiger charge is -2.08. The zero-order chi connectivity index (χ0) is 62.9. The van der Waals surface area contributed by atoms with Gasteiger partial charge in [0.2, 0.25) is 0 Å². The first kappa shape index (κ1) is 67.6. The standard InChI is InChI=1S/C77H90N6O8/c1-84-70-44-32-64(33-45-70)80-82-66-36-48-74(49-37-66)88-54-18-13-9-5-3-7-11-16-52-86-72-40-28-62(29-41-72)60-78-68-24-22-26-76(58-68)90-56-20-15-21-57-91-77-27-23-25-69(59-77)79-61-63-30-42-73(43-31-63)87-53-17-12-8-4-6-10-14-19-55-89-75-50-38-67(39-51-75)83-81-65-34-46-71(85-2)47-35-65/h22-51,58-61H,3-21,52-57H2,1-2H3. The van der Waals surface area contributed by atoms with E-state index in [-0.39, 0.29) is 0 Å². The summed E-state index contributed by atoms with van der Waals surface area (Å²) in [5.74, 6) is 6.71. The van der Waals surface area contributed by atoms with E-state index < -0.39 is 0 Å². The second kappa shape index (κ2) is 41.1. The first-order valence-corrected chi connectivity index (χ1v) is 32.6. The maximum atomic E-state index is 6.09. The number of ether oxygens (including phenoxy) is 8. The molecule has 0 aliphatic heterocycles.